The fourth-order valence-corrected chi connectivity index (χ4v) is 2.41. The van der Waals surface area contributed by atoms with Crippen LogP contribution in [0, 0.1) is 5.82 Å². The Morgan fingerprint density at radius 3 is 2.59 bits per heavy atom. The minimum absolute atomic E-state index is 0.0268. The van der Waals surface area contributed by atoms with Gasteiger partial charge in [0, 0.05) is 0 Å². The number of aromatic nitrogens is 5. The van der Waals surface area contributed by atoms with Crippen molar-refractivity contribution in [3.8, 4) is 5.82 Å². The molecule has 27 heavy (non-hydrogen) atoms. The van der Waals surface area contributed by atoms with Crippen LogP contribution in [0.5, 0.6) is 0 Å². The van der Waals surface area contributed by atoms with Crippen molar-refractivity contribution in [2.24, 2.45) is 5.10 Å². The molecule has 0 fully saturated rings. The molecule has 0 saturated carbocycles. The molecule has 0 aliphatic rings. The van der Waals surface area contributed by atoms with Crippen molar-refractivity contribution in [1.82, 2.24) is 30.7 Å². The molecule has 2 aromatic heterocycles. The molecular formula is C16H17FN8O2. The number of halogens is 1. The monoisotopic (exact) mass is 372 g/mol. The Morgan fingerprint density at radius 2 is 2.00 bits per heavy atom. The molecule has 3 rings (SSSR count). The predicted octanol–water partition coefficient (Wildman–Crippen LogP) is 1.65. The number of anilines is 1. The third-order valence-electron chi connectivity index (χ3n) is 3.75. The van der Waals surface area contributed by atoms with Crippen LogP contribution in [0.4, 0.5) is 10.2 Å². The summed E-state index contributed by atoms with van der Waals surface area (Å²) in [4.78, 5) is 12.5. The maximum atomic E-state index is 13.0. The van der Waals surface area contributed by atoms with Gasteiger partial charge in [0.1, 0.15) is 5.82 Å². The molecule has 0 aliphatic heterocycles. The fraction of sp³-hybridized carbons (Fsp3) is 0.250. The van der Waals surface area contributed by atoms with E-state index >= 15 is 0 Å². The summed E-state index contributed by atoms with van der Waals surface area (Å²) in [5.74, 6) is -0.856. The number of amides is 1. The van der Waals surface area contributed by atoms with Crippen LogP contribution in [0.1, 0.15) is 48.4 Å². The Morgan fingerprint density at radius 1 is 1.30 bits per heavy atom. The number of hydrazone groups is 1. The highest BCUT2D eigenvalue weighted by molar-refractivity contribution is 6.00. The zero-order valence-electron chi connectivity index (χ0n) is 14.8. The van der Waals surface area contributed by atoms with Gasteiger partial charge in [-0.1, -0.05) is 31.2 Å². The molecule has 0 spiro atoms. The number of carbonyl (C=O) groups is 1. The van der Waals surface area contributed by atoms with Gasteiger partial charge in [0.05, 0.1) is 11.4 Å². The van der Waals surface area contributed by atoms with Gasteiger partial charge in [-0.05, 0) is 40.9 Å². The van der Waals surface area contributed by atoms with Crippen molar-refractivity contribution in [2.75, 3.05) is 5.73 Å². The molecule has 3 aromatic rings. The lowest BCUT2D eigenvalue weighted by Crippen LogP contribution is -2.22. The zero-order valence-corrected chi connectivity index (χ0v) is 14.8. The molecule has 1 aromatic carbocycles. The molecule has 1 amide bonds. The van der Waals surface area contributed by atoms with Gasteiger partial charge in [-0.3, -0.25) is 4.79 Å². The largest absolute Gasteiger partial charge is 0.378 e. The van der Waals surface area contributed by atoms with Gasteiger partial charge < -0.3 is 5.73 Å². The van der Waals surface area contributed by atoms with Gasteiger partial charge in [0.25, 0.3) is 5.91 Å². The Labute approximate surface area is 153 Å². The molecule has 10 nitrogen and oxygen atoms in total. The number of benzene rings is 1. The van der Waals surface area contributed by atoms with E-state index in [1.165, 1.54) is 16.8 Å². The SMILES string of the molecule is C/C(=N\NC(=O)c1nnn(-c2nonc2N)c1C(C)C)c1ccc(F)cc1. The summed E-state index contributed by atoms with van der Waals surface area (Å²) in [6.45, 7) is 5.42. The smallest absolute Gasteiger partial charge is 0.293 e. The molecule has 0 saturated heterocycles. The highest BCUT2D eigenvalue weighted by atomic mass is 19.1. The highest BCUT2D eigenvalue weighted by Gasteiger charge is 2.25. The third kappa shape index (κ3) is 3.66. The maximum absolute atomic E-state index is 13.0. The number of carbonyl (C=O) groups excluding carboxylic acids is 1. The van der Waals surface area contributed by atoms with Crippen LogP contribution in [-0.4, -0.2) is 36.9 Å². The molecule has 3 N–H and O–H groups in total. The number of nitrogen functional groups attached to an aromatic ring is 1. The van der Waals surface area contributed by atoms with Crippen LogP contribution in [0.15, 0.2) is 34.0 Å². The Hall–Kier alpha value is -3.63. The van der Waals surface area contributed by atoms with E-state index in [0.717, 1.165) is 0 Å². The number of hydrogen-bond acceptors (Lipinski definition) is 8. The molecule has 140 valence electrons. The van der Waals surface area contributed by atoms with E-state index in [2.05, 4.69) is 35.8 Å². The fourth-order valence-electron chi connectivity index (χ4n) is 2.41. The van der Waals surface area contributed by atoms with E-state index in [4.69, 9.17) is 5.73 Å². The van der Waals surface area contributed by atoms with E-state index in [9.17, 15) is 9.18 Å². The van der Waals surface area contributed by atoms with E-state index in [1.807, 2.05) is 13.8 Å². The first-order valence-electron chi connectivity index (χ1n) is 8.03. The molecule has 2 heterocycles. The first kappa shape index (κ1) is 18.2. The Balaban J connectivity index is 1.87. The number of nitrogens with zero attached hydrogens (tertiary/aromatic N) is 6. The van der Waals surface area contributed by atoms with E-state index < -0.39 is 5.91 Å². The number of rotatable bonds is 5. The minimum Gasteiger partial charge on any atom is -0.378 e. The van der Waals surface area contributed by atoms with E-state index in [-0.39, 0.29) is 29.1 Å². The van der Waals surface area contributed by atoms with E-state index in [0.29, 0.717) is 17.0 Å². The van der Waals surface area contributed by atoms with Crippen LogP contribution in [0.2, 0.25) is 0 Å². The molecule has 0 unspecified atom stereocenters. The van der Waals surface area contributed by atoms with Gasteiger partial charge >= 0.3 is 0 Å². The number of nitrogens with two attached hydrogens (primary N) is 1. The molecule has 0 aliphatic carbocycles. The first-order valence-corrected chi connectivity index (χ1v) is 8.03. The molecule has 0 bridgehead atoms. The Bertz CT molecular complexity index is 990. The first-order chi connectivity index (χ1) is 12.9. The average Bonchev–Trinajstić information content (AvgIpc) is 3.25. The second-order valence-electron chi connectivity index (χ2n) is 6.01. The van der Waals surface area contributed by atoms with Crippen molar-refractivity contribution in [3.63, 3.8) is 0 Å². The minimum atomic E-state index is -0.554. The Kier molecular flexibility index (Phi) is 4.92. The summed E-state index contributed by atoms with van der Waals surface area (Å²) in [5.41, 5.74) is 9.85. The van der Waals surface area contributed by atoms with Crippen molar-refractivity contribution in [1.29, 1.82) is 0 Å². The lowest BCUT2D eigenvalue weighted by Gasteiger charge is -2.08. The van der Waals surface area contributed by atoms with Crippen LogP contribution >= 0.6 is 0 Å². The molecular weight excluding hydrogens is 355 g/mol. The van der Waals surface area contributed by atoms with Crippen molar-refractivity contribution in [2.45, 2.75) is 26.7 Å². The van der Waals surface area contributed by atoms with Crippen LogP contribution < -0.4 is 11.2 Å². The topological polar surface area (TPSA) is 137 Å². The second kappa shape index (κ2) is 7.32. The summed E-state index contributed by atoms with van der Waals surface area (Å²) in [5, 5.41) is 19.1. The molecule has 0 radical (unpaired) electrons. The lowest BCUT2D eigenvalue weighted by molar-refractivity contribution is 0.0948. The van der Waals surface area contributed by atoms with Crippen LogP contribution in [0.25, 0.3) is 5.82 Å². The second-order valence-corrected chi connectivity index (χ2v) is 6.01. The van der Waals surface area contributed by atoms with Crippen LogP contribution in [-0.2, 0) is 0 Å². The maximum Gasteiger partial charge on any atom is 0.293 e. The van der Waals surface area contributed by atoms with Gasteiger partial charge in [-0.2, -0.15) is 9.78 Å². The van der Waals surface area contributed by atoms with Gasteiger partial charge in [0.2, 0.25) is 11.6 Å². The summed E-state index contributed by atoms with van der Waals surface area (Å²) in [6, 6.07) is 5.76. The van der Waals surface area contributed by atoms with Gasteiger partial charge in [-0.15, -0.1) is 5.10 Å². The van der Waals surface area contributed by atoms with Crippen molar-refractivity contribution in [3.05, 3.63) is 47.0 Å². The number of nitrogens with one attached hydrogen (secondary N) is 1. The summed E-state index contributed by atoms with van der Waals surface area (Å²) >= 11 is 0. The summed E-state index contributed by atoms with van der Waals surface area (Å²) in [7, 11) is 0. The lowest BCUT2D eigenvalue weighted by atomic mass is 10.1. The van der Waals surface area contributed by atoms with E-state index in [1.54, 1.807) is 19.1 Å². The highest BCUT2D eigenvalue weighted by Crippen LogP contribution is 2.22. The quantitative estimate of drug-likeness (QED) is 0.513. The molecule has 0 atom stereocenters. The van der Waals surface area contributed by atoms with Gasteiger partial charge in [0.15, 0.2) is 5.69 Å². The summed E-state index contributed by atoms with van der Waals surface area (Å²) < 4.78 is 18.9. The van der Waals surface area contributed by atoms with Crippen molar-refractivity contribution >= 4 is 17.4 Å². The normalized spacial score (nSPS) is 11.8. The third-order valence-corrected chi connectivity index (χ3v) is 3.75. The van der Waals surface area contributed by atoms with Crippen LogP contribution in [0.3, 0.4) is 0 Å². The number of hydrogen-bond donors (Lipinski definition) is 2. The average molecular weight is 372 g/mol. The molecule has 11 heteroatoms. The van der Waals surface area contributed by atoms with Gasteiger partial charge in [-0.25, -0.2) is 14.4 Å². The zero-order chi connectivity index (χ0) is 19.6. The van der Waals surface area contributed by atoms with Crippen molar-refractivity contribution < 1.29 is 13.8 Å². The standard InChI is InChI=1S/C16H17FN8O2/c1-8(2)13-12(20-24-25(13)15-14(18)22-27-23-15)16(26)21-19-9(3)10-4-6-11(17)7-5-10/h4-8H,1-3H3,(H2,18,22)(H,21,26)/b19-9+. The predicted molar refractivity (Wildman–Crippen MR) is 93.8 cm³/mol. The summed E-state index contributed by atoms with van der Waals surface area (Å²) in [6.07, 6.45) is 0.